The number of amides is 1. The van der Waals surface area contributed by atoms with Gasteiger partial charge in [-0.2, -0.15) is 0 Å². The Hall–Kier alpha value is -0.280. The Balaban J connectivity index is 0.00000162. The molecule has 0 aromatic carbocycles. The quantitative estimate of drug-likeness (QED) is 0.859. The predicted molar refractivity (Wildman–Crippen MR) is 76.7 cm³/mol. The lowest BCUT2D eigenvalue weighted by molar-refractivity contribution is -0.135. The summed E-state index contributed by atoms with van der Waals surface area (Å²) in [5, 5.41) is 0. The number of nitrogens with two attached hydrogens (primary N) is 1. The molecule has 2 N–H and O–H groups in total. The number of rotatable bonds is 3. The minimum absolute atomic E-state index is 0. The first-order valence-electron chi connectivity index (χ1n) is 7.23. The van der Waals surface area contributed by atoms with Crippen molar-refractivity contribution < 1.29 is 4.79 Å². The summed E-state index contributed by atoms with van der Waals surface area (Å²) in [5.74, 6) is 2.14. The Bertz CT molecular complexity index is 265. The fourth-order valence-electron chi connectivity index (χ4n) is 3.30. The summed E-state index contributed by atoms with van der Waals surface area (Å²) in [5.41, 5.74) is 5.67. The third-order valence-electron chi connectivity index (χ3n) is 4.70. The number of halogens is 1. The van der Waals surface area contributed by atoms with Crippen LogP contribution >= 0.6 is 12.4 Å². The van der Waals surface area contributed by atoms with Gasteiger partial charge in [-0.25, -0.2) is 0 Å². The summed E-state index contributed by atoms with van der Waals surface area (Å²) in [7, 11) is 0. The van der Waals surface area contributed by atoms with Crippen LogP contribution in [0.4, 0.5) is 0 Å². The van der Waals surface area contributed by atoms with Crippen LogP contribution in [0, 0.1) is 17.8 Å². The smallest absolute Gasteiger partial charge is 0.225 e. The predicted octanol–water partition coefficient (Wildman–Crippen LogP) is 2.43. The first-order valence-corrected chi connectivity index (χ1v) is 7.23. The molecule has 1 saturated carbocycles. The monoisotopic (exact) mass is 274 g/mol. The number of carbonyl (C=O) groups is 1. The summed E-state index contributed by atoms with van der Waals surface area (Å²) < 4.78 is 0. The van der Waals surface area contributed by atoms with Gasteiger partial charge in [-0.15, -0.1) is 12.4 Å². The highest BCUT2D eigenvalue weighted by Crippen LogP contribution is 2.32. The van der Waals surface area contributed by atoms with Crippen molar-refractivity contribution in [1.29, 1.82) is 0 Å². The van der Waals surface area contributed by atoms with Gasteiger partial charge in [0.1, 0.15) is 0 Å². The average molecular weight is 275 g/mol. The molecule has 3 nitrogen and oxygen atoms in total. The maximum absolute atomic E-state index is 12.3. The maximum atomic E-state index is 12.3. The van der Waals surface area contributed by atoms with E-state index in [4.69, 9.17) is 5.73 Å². The molecular weight excluding hydrogens is 248 g/mol. The SMILES string of the molecule is CCC1CCC(C(=O)N2CCC(CN)C2)CC1.Cl. The Labute approximate surface area is 117 Å². The number of hydrogen-bond donors (Lipinski definition) is 1. The molecule has 1 atom stereocenters. The van der Waals surface area contributed by atoms with Crippen LogP contribution in [0.25, 0.3) is 0 Å². The zero-order chi connectivity index (χ0) is 12.3. The Morgan fingerprint density at radius 3 is 2.33 bits per heavy atom. The minimum atomic E-state index is 0. The van der Waals surface area contributed by atoms with Crippen molar-refractivity contribution in [2.24, 2.45) is 23.5 Å². The van der Waals surface area contributed by atoms with Crippen molar-refractivity contribution in [2.45, 2.75) is 45.4 Å². The second-order valence-electron chi connectivity index (χ2n) is 5.80. The lowest BCUT2D eigenvalue weighted by Gasteiger charge is -2.30. The van der Waals surface area contributed by atoms with E-state index in [2.05, 4.69) is 11.8 Å². The summed E-state index contributed by atoms with van der Waals surface area (Å²) in [6, 6.07) is 0. The maximum Gasteiger partial charge on any atom is 0.225 e. The number of likely N-dealkylation sites (tertiary alicyclic amines) is 1. The molecule has 1 aliphatic carbocycles. The molecule has 18 heavy (non-hydrogen) atoms. The summed E-state index contributed by atoms with van der Waals surface area (Å²) in [6.07, 6.45) is 7.11. The van der Waals surface area contributed by atoms with Crippen molar-refractivity contribution in [3.8, 4) is 0 Å². The molecule has 1 aliphatic heterocycles. The Morgan fingerprint density at radius 1 is 1.17 bits per heavy atom. The molecule has 0 spiro atoms. The van der Waals surface area contributed by atoms with Crippen molar-refractivity contribution in [2.75, 3.05) is 19.6 Å². The molecule has 1 heterocycles. The number of hydrogen-bond acceptors (Lipinski definition) is 2. The topological polar surface area (TPSA) is 46.3 Å². The van der Waals surface area contributed by atoms with Gasteiger partial charge in [-0.3, -0.25) is 4.79 Å². The molecule has 106 valence electrons. The molecule has 0 aromatic heterocycles. The van der Waals surface area contributed by atoms with Crippen LogP contribution in [-0.4, -0.2) is 30.4 Å². The van der Waals surface area contributed by atoms with Gasteiger partial charge in [0.05, 0.1) is 0 Å². The van der Waals surface area contributed by atoms with E-state index in [1.165, 1.54) is 19.3 Å². The van der Waals surface area contributed by atoms with E-state index in [1.54, 1.807) is 0 Å². The second-order valence-corrected chi connectivity index (χ2v) is 5.80. The van der Waals surface area contributed by atoms with Crippen LogP contribution in [-0.2, 0) is 4.79 Å². The second kappa shape index (κ2) is 7.34. The zero-order valence-electron chi connectivity index (χ0n) is 11.4. The van der Waals surface area contributed by atoms with E-state index >= 15 is 0 Å². The van der Waals surface area contributed by atoms with Gasteiger partial charge in [0.25, 0.3) is 0 Å². The van der Waals surface area contributed by atoms with Gasteiger partial charge in [0.2, 0.25) is 5.91 Å². The third-order valence-corrected chi connectivity index (χ3v) is 4.70. The highest BCUT2D eigenvalue weighted by atomic mass is 35.5. The van der Waals surface area contributed by atoms with Gasteiger partial charge in [0.15, 0.2) is 0 Å². The van der Waals surface area contributed by atoms with E-state index in [0.717, 1.165) is 44.8 Å². The molecule has 2 rings (SSSR count). The van der Waals surface area contributed by atoms with E-state index in [-0.39, 0.29) is 12.4 Å². The highest BCUT2D eigenvalue weighted by molar-refractivity contribution is 5.85. The highest BCUT2D eigenvalue weighted by Gasteiger charge is 2.32. The Morgan fingerprint density at radius 2 is 1.83 bits per heavy atom. The normalized spacial score (nSPS) is 32.1. The molecule has 1 saturated heterocycles. The summed E-state index contributed by atoms with van der Waals surface area (Å²) in [4.78, 5) is 14.4. The minimum Gasteiger partial charge on any atom is -0.342 e. The summed E-state index contributed by atoms with van der Waals surface area (Å²) >= 11 is 0. The van der Waals surface area contributed by atoms with Crippen LogP contribution < -0.4 is 5.73 Å². The molecule has 1 unspecified atom stereocenters. The largest absolute Gasteiger partial charge is 0.342 e. The number of carbonyl (C=O) groups excluding carboxylic acids is 1. The molecule has 0 bridgehead atoms. The van der Waals surface area contributed by atoms with Crippen molar-refractivity contribution >= 4 is 18.3 Å². The molecule has 4 heteroatoms. The zero-order valence-corrected chi connectivity index (χ0v) is 12.3. The molecule has 0 aromatic rings. The molecule has 1 amide bonds. The lowest BCUT2D eigenvalue weighted by Crippen LogP contribution is -2.36. The van der Waals surface area contributed by atoms with E-state index in [0.29, 0.717) is 17.7 Å². The van der Waals surface area contributed by atoms with Crippen molar-refractivity contribution in [1.82, 2.24) is 4.90 Å². The molecule has 2 fully saturated rings. The van der Waals surface area contributed by atoms with Crippen LogP contribution in [0.15, 0.2) is 0 Å². The first-order chi connectivity index (χ1) is 8.24. The van der Waals surface area contributed by atoms with Crippen molar-refractivity contribution in [3.63, 3.8) is 0 Å². The van der Waals surface area contributed by atoms with E-state index in [9.17, 15) is 4.79 Å². The standard InChI is InChI=1S/C14H26N2O.ClH/c1-2-11-3-5-13(6-4-11)14(17)16-8-7-12(9-15)10-16;/h11-13H,2-10,15H2,1H3;1H. The molecule has 2 aliphatic rings. The van der Waals surface area contributed by atoms with Crippen LogP contribution in [0.1, 0.15) is 45.4 Å². The average Bonchev–Trinajstić information content (AvgIpc) is 2.87. The van der Waals surface area contributed by atoms with Gasteiger partial charge in [-0.05, 0) is 50.5 Å². The van der Waals surface area contributed by atoms with E-state index < -0.39 is 0 Å². The third kappa shape index (κ3) is 3.61. The van der Waals surface area contributed by atoms with Crippen LogP contribution in [0.5, 0.6) is 0 Å². The van der Waals surface area contributed by atoms with Gasteiger partial charge >= 0.3 is 0 Å². The Kier molecular flexibility index (Phi) is 6.44. The summed E-state index contributed by atoms with van der Waals surface area (Å²) in [6.45, 7) is 4.84. The van der Waals surface area contributed by atoms with Crippen LogP contribution in [0.3, 0.4) is 0 Å². The van der Waals surface area contributed by atoms with E-state index in [1.807, 2.05) is 0 Å². The van der Waals surface area contributed by atoms with Gasteiger partial charge in [-0.1, -0.05) is 13.3 Å². The van der Waals surface area contributed by atoms with Gasteiger partial charge < -0.3 is 10.6 Å². The molecule has 0 radical (unpaired) electrons. The van der Waals surface area contributed by atoms with Crippen molar-refractivity contribution in [3.05, 3.63) is 0 Å². The molecular formula is C14H27ClN2O. The first kappa shape index (κ1) is 15.8. The van der Waals surface area contributed by atoms with Gasteiger partial charge in [0, 0.05) is 19.0 Å². The lowest BCUT2D eigenvalue weighted by atomic mass is 9.80. The fourth-order valence-corrected chi connectivity index (χ4v) is 3.30. The number of nitrogens with zero attached hydrogens (tertiary/aromatic N) is 1. The van der Waals surface area contributed by atoms with Crippen LogP contribution in [0.2, 0.25) is 0 Å². The fraction of sp³-hybridized carbons (Fsp3) is 0.929.